The fourth-order valence-electron chi connectivity index (χ4n) is 3.23. The van der Waals surface area contributed by atoms with Crippen LogP contribution in [-0.2, 0) is 4.74 Å². The van der Waals surface area contributed by atoms with Gasteiger partial charge in [0, 0.05) is 23.8 Å². The summed E-state index contributed by atoms with van der Waals surface area (Å²) in [5.74, 6) is 0.526. The summed E-state index contributed by atoms with van der Waals surface area (Å²) in [6.45, 7) is 5.65. The summed E-state index contributed by atoms with van der Waals surface area (Å²) < 4.78 is 5.33. The second-order valence-corrected chi connectivity index (χ2v) is 7.38. The van der Waals surface area contributed by atoms with Crippen LogP contribution in [0.5, 0.6) is 0 Å². The van der Waals surface area contributed by atoms with E-state index in [1.54, 1.807) is 0 Å². The Morgan fingerprint density at radius 2 is 2.04 bits per heavy atom. The first-order chi connectivity index (χ1) is 10.9. The lowest BCUT2D eigenvalue weighted by Gasteiger charge is -2.30. The van der Waals surface area contributed by atoms with Crippen LogP contribution in [0.15, 0.2) is 24.5 Å². The molecule has 0 radical (unpaired) electrons. The quantitative estimate of drug-likeness (QED) is 0.876. The number of carbonyl (C=O) groups is 1. The maximum absolute atomic E-state index is 11.8. The molecule has 124 valence electrons. The lowest BCUT2D eigenvalue weighted by molar-refractivity contribution is 0.0491. The van der Waals surface area contributed by atoms with E-state index in [0.717, 1.165) is 36.7 Å². The molecule has 23 heavy (non-hydrogen) atoms. The average molecular weight is 315 g/mol. The van der Waals surface area contributed by atoms with Gasteiger partial charge in [-0.3, -0.25) is 0 Å². The minimum Gasteiger partial charge on any atom is -0.444 e. The van der Waals surface area contributed by atoms with Gasteiger partial charge in [0.25, 0.3) is 0 Å². The van der Waals surface area contributed by atoms with Crippen LogP contribution in [-0.4, -0.2) is 27.7 Å². The second-order valence-electron chi connectivity index (χ2n) is 7.38. The van der Waals surface area contributed by atoms with Crippen LogP contribution >= 0.6 is 0 Å². The van der Waals surface area contributed by atoms with Crippen LogP contribution in [0.3, 0.4) is 0 Å². The number of pyridine rings is 1. The molecule has 1 saturated carbocycles. The Morgan fingerprint density at radius 1 is 1.30 bits per heavy atom. The number of fused-ring (bicyclic) bond motifs is 1. The highest BCUT2D eigenvalue weighted by atomic mass is 16.6. The monoisotopic (exact) mass is 315 g/mol. The molecule has 0 bridgehead atoms. The first-order valence-corrected chi connectivity index (χ1v) is 8.33. The van der Waals surface area contributed by atoms with Gasteiger partial charge < -0.3 is 15.0 Å². The molecular formula is C18H25N3O2. The van der Waals surface area contributed by atoms with E-state index in [2.05, 4.69) is 27.4 Å². The van der Waals surface area contributed by atoms with Crippen LogP contribution in [0.2, 0.25) is 0 Å². The first kappa shape index (κ1) is 15.8. The summed E-state index contributed by atoms with van der Waals surface area (Å²) in [5.41, 5.74) is 1.79. The second kappa shape index (κ2) is 6.22. The molecule has 0 saturated heterocycles. The molecule has 0 aromatic carbocycles. The molecule has 1 aliphatic rings. The zero-order valence-electron chi connectivity index (χ0n) is 14.1. The number of hydrogen-bond donors (Lipinski definition) is 2. The maximum atomic E-state index is 11.8. The van der Waals surface area contributed by atoms with Crippen molar-refractivity contribution in [1.29, 1.82) is 0 Å². The molecule has 0 unspecified atom stereocenters. The number of rotatable bonds is 2. The number of aromatic nitrogens is 2. The van der Waals surface area contributed by atoms with Crippen molar-refractivity contribution in [3.05, 3.63) is 30.1 Å². The number of amides is 1. The summed E-state index contributed by atoms with van der Waals surface area (Å²) in [4.78, 5) is 19.5. The van der Waals surface area contributed by atoms with Crippen molar-refractivity contribution in [2.24, 2.45) is 0 Å². The number of carbonyl (C=O) groups excluding carboxylic acids is 1. The average Bonchev–Trinajstić information content (AvgIpc) is 2.93. The Bertz CT molecular complexity index is 679. The number of alkyl carbamates (subject to hydrolysis) is 1. The summed E-state index contributed by atoms with van der Waals surface area (Å²) in [7, 11) is 0. The van der Waals surface area contributed by atoms with E-state index in [0.29, 0.717) is 5.92 Å². The SMILES string of the molecule is CC(C)(C)OC(=O)NC1CCC(c2cnc3[nH]ccc3c2)CC1. The Hall–Kier alpha value is -2.04. The van der Waals surface area contributed by atoms with E-state index < -0.39 is 5.60 Å². The highest BCUT2D eigenvalue weighted by Crippen LogP contribution is 2.33. The van der Waals surface area contributed by atoms with E-state index in [9.17, 15) is 4.79 Å². The molecule has 2 aromatic rings. The van der Waals surface area contributed by atoms with E-state index in [1.807, 2.05) is 33.2 Å². The fourth-order valence-corrected chi connectivity index (χ4v) is 3.23. The van der Waals surface area contributed by atoms with Crippen molar-refractivity contribution in [1.82, 2.24) is 15.3 Å². The molecular weight excluding hydrogens is 290 g/mol. The normalized spacial score (nSPS) is 22.0. The minimum atomic E-state index is -0.446. The molecule has 1 amide bonds. The zero-order chi connectivity index (χ0) is 16.4. The van der Waals surface area contributed by atoms with Crippen LogP contribution in [0.1, 0.15) is 57.9 Å². The molecule has 2 N–H and O–H groups in total. The van der Waals surface area contributed by atoms with Gasteiger partial charge >= 0.3 is 6.09 Å². The third-order valence-electron chi connectivity index (χ3n) is 4.34. The molecule has 3 rings (SSSR count). The van der Waals surface area contributed by atoms with Gasteiger partial charge in [-0.1, -0.05) is 0 Å². The topological polar surface area (TPSA) is 67.0 Å². The minimum absolute atomic E-state index is 0.213. The molecule has 0 aliphatic heterocycles. The molecule has 2 aromatic heterocycles. The van der Waals surface area contributed by atoms with Crippen molar-refractivity contribution in [3.8, 4) is 0 Å². The van der Waals surface area contributed by atoms with Gasteiger partial charge in [-0.25, -0.2) is 9.78 Å². The number of nitrogens with zero attached hydrogens (tertiary/aromatic N) is 1. The smallest absolute Gasteiger partial charge is 0.407 e. The van der Waals surface area contributed by atoms with Crippen LogP contribution in [0.4, 0.5) is 4.79 Å². The van der Waals surface area contributed by atoms with Crippen molar-refractivity contribution in [3.63, 3.8) is 0 Å². The lowest BCUT2D eigenvalue weighted by Crippen LogP contribution is -2.40. The van der Waals surface area contributed by atoms with E-state index in [1.165, 1.54) is 5.56 Å². The highest BCUT2D eigenvalue weighted by Gasteiger charge is 2.25. The predicted octanol–water partition coefficient (Wildman–Crippen LogP) is 4.11. The zero-order valence-corrected chi connectivity index (χ0v) is 14.1. The molecule has 0 atom stereocenters. The maximum Gasteiger partial charge on any atom is 0.407 e. The molecule has 1 fully saturated rings. The summed E-state index contributed by atoms with van der Waals surface area (Å²) in [6.07, 6.45) is 7.69. The van der Waals surface area contributed by atoms with Crippen molar-refractivity contribution in [2.45, 2.75) is 64.0 Å². The molecule has 5 heteroatoms. The largest absolute Gasteiger partial charge is 0.444 e. The fraction of sp³-hybridized carbons (Fsp3) is 0.556. The van der Waals surface area contributed by atoms with Gasteiger partial charge in [-0.15, -0.1) is 0 Å². The van der Waals surface area contributed by atoms with Gasteiger partial charge in [-0.2, -0.15) is 0 Å². The summed E-state index contributed by atoms with van der Waals surface area (Å²) >= 11 is 0. The van der Waals surface area contributed by atoms with Crippen molar-refractivity contribution in [2.75, 3.05) is 0 Å². The van der Waals surface area contributed by atoms with Gasteiger partial charge in [-0.05, 0) is 70.1 Å². The van der Waals surface area contributed by atoms with Crippen LogP contribution in [0, 0.1) is 0 Å². The summed E-state index contributed by atoms with van der Waals surface area (Å²) in [5, 5.41) is 4.15. The number of hydrogen-bond acceptors (Lipinski definition) is 3. The number of ether oxygens (including phenoxy) is 1. The van der Waals surface area contributed by atoms with Crippen molar-refractivity contribution >= 4 is 17.1 Å². The van der Waals surface area contributed by atoms with E-state index >= 15 is 0 Å². The van der Waals surface area contributed by atoms with Gasteiger partial charge in [0.15, 0.2) is 0 Å². The number of aromatic amines is 1. The predicted molar refractivity (Wildman–Crippen MR) is 90.5 cm³/mol. The van der Waals surface area contributed by atoms with Crippen LogP contribution in [0.25, 0.3) is 11.0 Å². The van der Waals surface area contributed by atoms with E-state index in [4.69, 9.17) is 4.74 Å². The third-order valence-corrected chi connectivity index (χ3v) is 4.34. The Labute approximate surface area is 136 Å². The third kappa shape index (κ3) is 4.03. The number of nitrogens with one attached hydrogen (secondary N) is 2. The Kier molecular flexibility index (Phi) is 4.28. The Balaban J connectivity index is 1.54. The standard InChI is InChI=1S/C18H25N3O2/c1-18(2,3)23-17(22)21-15-6-4-12(5-7-15)14-10-13-8-9-19-16(13)20-11-14/h8-12,15H,4-7H2,1-3H3,(H,19,20)(H,21,22). The van der Waals surface area contributed by atoms with E-state index in [-0.39, 0.29) is 12.1 Å². The van der Waals surface area contributed by atoms with Gasteiger partial charge in [0.2, 0.25) is 0 Å². The molecule has 0 spiro atoms. The molecule has 1 aliphatic carbocycles. The van der Waals surface area contributed by atoms with Crippen LogP contribution < -0.4 is 5.32 Å². The molecule has 2 heterocycles. The van der Waals surface area contributed by atoms with Gasteiger partial charge in [0.1, 0.15) is 11.2 Å². The van der Waals surface area contributed by atoms with Crippen molar-refractivity contribution < 1.29 is 9.53 Å². The highest BCUT2D eigenvalue weighted by molar-refractivity contribution is 5.75. The Morgan fingerprint density at radius 3 is 2.74 bits per heavy atom. The number of H-pyrrole nitrogens is 1. The summed E-state index contributed by atoms with van der Waals surface area (Å²) in [6, 6.07) is 4.50. The molecule has 5 nitrogen and oxygen atoms in total. The lowest BCUT2D eigenvalue weighted by atomic mass is 9.82. The first-order valence-electron chi connectivity index (χ1n) is 8.33. The van der Waals surface area contributed by atoms with Gasteiger partial charge in [0.05, 0.1) is 0 Å².